The zero-order valence-corrected chi connectivity index (χ0v) is 32.6. The van der Waals surface area contributed by atoms with Crippen LogP contribution in [0.3, 0.4) is 0 Å². The number of ketones is 1. The summed E-state index contributed by atoms with van der Waals surface area (Å²) < 4.78 is 6.93. The number of carbonyl (C=O) groups excluding carboxylic acids is 4. The summed E-state index contributed by atoms with van der Waals surface area (Å²) in [5.41, 5.74) is 2.93. The summed E-state index contributed by atoms with van der Waals surface area (Å²) in [5.74, 6) is -2.26. The molecule has 3 aromatic carbocycles. The number of aromatic hydroxyl groups is 1. The number of amides is 2. The predicted octanol–water partition coefficient (Wildman–Crippen LogP) is 6.75. The molecule has 4 aromatic rings. The Bertz CT molecular complexity index is 1960. The van der Waals surface area contributed by atoms with Crippen LogP contribution in [0.5, 0.6) is 5.75 Å². The molecule has 0 spiro atoms. The molecule has 2 aliphatic heterocycles. The zero-order valence-electron chi connectivity index (χ0n) is 32.6. The number of nitrogens with one attached hydrogen (secondary N) is 1. The minimum Gasteiger partial charge on any atom is -0.508 e. The van der Waals surface area contributed by atoms with E-state index >= 15 is 0 Å². The van der Waals surface area contributed by atoms with E-state index in [1.165, 1.54) is 10.1 Å². The van der Waals surface area contributed by atoms with E-state index in [1.807, 2.05) is 73.3 Å². The highest BCUT2D eigenvalue weighted by molar-refractivity contribution is 5.96. The lowest BCUT2D eigenvalue weighted by molar-refractivity contribution is -0.142. The van der Waals surface area contributed by atoms with Gasteiger partial charge in [-0.05, 0) is 79.5 Å². The predicted molar refractivity (Wildman–Crippen MR) is 213 cm³/mol. The number of benzene rings is 3. The summed E-state index contributed by atoms with van der Waals surface area (Å²) in [4.78, 5) is 64.4. The van der Waals surface area contributed by atoms with Crippen LogP contribution in [0.2, 0.25) is 0 Å². The molecule has 56 heavy (non-hydrogen) atoms. The monoisotopic (exact) mass is 763 g/mol. The largest absolute Gasteiger partial charge is 0.508 e. The number of likely N-dealkylation sites (tertiary alicyclic amines) is 1. The SMILES string of the molecule is CC(C)CC(CC(=O)n1ccc(-c2ccccc2)c1)C(=O)O.CC1OCC(=O)C1(C)NC(=O)C(CC(=O)N1CCC(c2ccccc2)C1)Cc1ccc(O)cc1. The molecule has 296 valence electrons. The Morgan fingerprint density at radius 2 is 1.52 bits per heavy atom. The number of ether oxygens (including phenoxy) is 1. The highest BCUT2D eigenvalue weighted by atomic mass is 16.5. The number of phenolic OH excluding ortho intramolecular Hbond substituents is 1. The van der Waals surface area contributed by atoms with Crippen LogP contribution in [0.4, 0.5) is 0 Å². The van der Waals surface area contributed by atoms with Gasteiger partial charge in [0.2, 0.25) is 17.7 Å². The van der Waals surface area contributed by atoms with Crippen molar-refractivity contribution in [2.45, 2.75) is 77.4 Å². The number of aromatic nitrogens is 1. The molecule has 3 heterocycles. The molecule has 2 saturated heterocycles. The summed E-state index contributed by atoms with van der Waals surface area (Å²) >= 11 is 0. The maximum Gasteiger partial charge on any atom is 0.307 e. The van der Waals surface area contributed by atoms with Crippen LogP contribution in [-0.2, 0) is 30.3 Å². The summed E-state index contributed by atoms with van der Waals surface area (Å²) in [7, 11) is 0. The van der Waals surface area contributed by atoms with E-state index in [0.29, 0.717) is 31.8 Å². The van der Waals surface area contributed by atoms with E-state index in [2.05, 4.69) is 17.4 Å². The maximum absolute atomic E-state index is 13.4. The van der Waals surface area contributed by atoms with Gasteiger partial charge in [-0.25, -0.2) is 0 Å². The number of aliphatic carboxylic acids is 1. The minimum absolute atomic E-state index is 0.0242. The third kappa shape index (κ3) is 10.8. The Hall–Kier alpha value is -5.55. The standard InChI is InChI=1S/C27H32N2O5.C18H21NO3/c1-18-27(2,24(31)17-34-18)28-26(33)22(14-19-8-10-23(30)11-9-19)15-25(32)29-13-12-21(16-29)20-6-4-3-5-7-20;1-13(2)10-16(18(21)22)11-17(20)19-9-8-15(12-19)14-6-4-3-5-7-14/h3-11,18,21-22,30H,12-17H2,1-2H3,(H,28,33);3-9,12-13,16H,10-11H2,1-2H3,(H,21,22). The lowest BCUT2D eigenvalue weighted by Crippen LogP contribution is -2.57. The first-order valence-electron chi connectivity index (χ1n) is 19.3. The second-order valence-corrected chi connectivity index (χ2v) is 15.5. The average molecular weight is 764 g/mol. The minimum atomic E-state index is -1.11. The molecule has 2 fully saturated rings. The molecule has 0 radical (unpaired) electrons. The maximum atomic E-state index is 13.4. The lowest BCUT2D eigenvalue weighted by Gasteiger charge is -2.30. The molecule has 6 rings (SSSR count). The van der Waals surface area contributed by atoms with Crippen molar-refractivity contribution < 1.29 is 38.9 Å². The van der Waals surface area contributed by atoms with Crippen molar-refractivity contribution in [1.82, 2.24) is 14.8 Å². The second kappa shape index (κ2) is 18.9. The lowest BCUT2D eigenvalue weighted by atomic mass is 9.89. The van der Waals surface area contributed by atoms with Gasteiger partial charge in [0.1, 0.15) is 17.9 Å². The van der Waals surface area contributed by atoms with Gasteiger partial charge in [-0.15, -0.1) is 0 Å². The van der Waals surface area contributed by atoms with E-state index in [1.54, 1.807) is 50.5 Å². The van der Waals surface area contributed by atoms with Crippen LogP contribution in [0.15, 0.2) is 103 Å². The fourth-order valence-corrected chi connectivity index (χ4v) is 7.28. The van der Waals surface area contributed by atoms with Crippen LogP contribution in [-0.4, -0.2) is 80.5 Å². The molecule has 0 bridgehead atoms. The number of carbonyl (C=O) groups is 5. The normalized spacial score (nSPS) is 20.2. The van der Waals surface area contributed by atoms with Gasteiger partial charge in [0.25, 0.3) is 0 Å². The van der Waals surface area contributed by atoms with Crippen molar-refractivity contribution in [1.29, 1.82) is 0 Å². The molecule has 11 nitrogen and oxygen atoms in total. The summed E-state index contributed by atoms with van der Waals surface area (Å²) in [6.07, 6.45) is 4.81. The molecule has 0 aliphatic carbocycles. The van der Waals surface area contributed by atoms with Crippen molar-refractivity contribution in [3.63, 3.8) is 0 Å². The summed E-state index contributed by atoms with van der Waals surface area (Å²) in [6, 6.07) is 28.4. The van der Waals surface area contributed by atoms with Crippen LogP contribution in [0.25, 0.3) is 11.1 Å². The Labute approximate surface area is 328 Å². The molecule has 11 heteroatoms. The van der Waals surface area contributed by atoms with E-state index < -0.39 is 29.4 Å². The van der Waals surface area contributed by atoms with Gasteiger partial charge < -0.3 is 25.2 Å². The number of nitrogens with zero attached hydrogens (tertiary/aromatic N) is 2. The van der Waals surface area contributed by atoms with Crippen LogP contribution >= 0.6 is 0 Å². The third-order valence-corrected chi connectivity index (χ3v) is 10.9. The van der Waals surface area contributed by atoms with Crippen molar-refractivity contribution in [2.24, 2.45) is 17.8 Å². The topological polar surface area (TPSA) is 155 Å². The van der Waals surface area contributed by atoms with Crippen molar-refractivity contribution >= 4 is 29.5 Å². The van der Waals surface area contributed by atoms with Gasteiger partial charge in [0.05, 0.1) is 17.9 Å². The summed E-state index contributed by atoms with van der Waals surface area (Å²) in [6.45, 7) is 8.63. The number of hydrogen-bond donors (Lipinski definition) is 3. The van der Waals surface area contributed by atoms with Gasteiger partial charge >= 0.3 is 5.97 Å². The fourth-order valence-electron chi connectivity index (χ4n) is 7.28. The van der Waals surface area contributed by atoms with Gasteiger partial charge in [-0.2, -0.15) is 0 Å². The Morgan fingerprint density at radius 1 is 0.875 bits per heavy atom. The number of hydrogen-bond acceptors (Lipinski definition) is 7. The first-order valence-corrected chi connectivity index (χ1v) is 19.3. The van der Waals surface area contributed by atoms with Crippen LogP contribution in [0.1, 0.15) is 75.2 Å². The molecule has 0 saturated carbocycles. The van der Waals surface area contributed by atoms with Gasteiger partial charge in [0.15, 0.2) is 5.78 Å². The number of carboxylic acid groups (broad SMARTS) is 1. The van der Waals surface area contributed by atoms with E-state index in [0.717, 1.165) is 23.1 Å². The van der Waals surface area contributed by atoms with Crippen molar-refractivity contribution in [2.75, 3.05) is 19.7 Å². The van der Waals surface area contributed by atoms with E-state index in [-0.39, 0.29) is 54.6 Å². The molecule has 5 atom stereocenters. The number of carboxylic acids is 1. The Balaban J connectivity index is 0.000000236. The number of phenols is 1. The van der Waals surface area contributed by atoms with Gasteiger partial charge in [0, 0.05) is 44.2 Å². The first-order chi connectivity index (χ1) is 26.7. The van der Waals surface area contributed by atoms with Crippen LogP contribution in [0, 0.1) is 17.8 Å². The molecular weight excluding hydrogens is 711 g/mol. The third-order valence-electron chi connectivity index (χ3n) is 10.9. The zero-order chi connectivity index (χ0) is 40.4. The molecule has 2 amide bonds. The fraction of sp³-hybridized carbons (Fsp3) is 0.400. The average Bonchev–Trinajstić information content (AvgIpc) is 3.94. The van der Waals surface area contributed by atoms with Gasteiger partial charge in [-0.3, -0.25) is 28.5 Å². The molecular formula is C45H53N3O8. The van der Waals surface area contributed by atoms with Crippen LogP contribution < -0.4 is 5.32 Å². The highest BCUT2D eigenvalue weighted by Crippen LogP contribution is 2.29. The number of rotatable bonds is 13. The Kier molecular flexibility index (Phi) is 14.0. The first kappa shape index (κ1) is 41.6. The smallest absolute Gasteiger partial charge is 0.307 e. The summed E-state index contributed by atoms with van der Waals surface area (Å²) in [5, 5.41) is 21.7. The van der Waals surface area contributed by atoms with Gasteiger partial charge in [-0.1, -0.05) is 86.6 Å². The Morgan fingerprint density at radius 3 is 2.12 bits per heavy atom. The number of Topliss-reactive ketones (excluding diaryl/α,β-unsaturated/α-hetero) is 1. The molecule has 5 unspecified atom stereocenters. The van der Waals surface area contributed by atoms with E-state index in [4.69, 9.17) is 4.74 Å². The quantitative estimate of drug-likeness (QED) is 0.135. The molecule has 3 N–H and O–H groups in total. The molecule has 2 aliphatic rings. The van der Waals surface area contributed by atoms with Crippen molar-refractivity contribution in [3.05, 3.63) is 115 Å². The molecule has 1 aromatic heterocycles. The van der Waals surface area contributed by atoms with Crippen molar-refractivity contribution in [3.8, 4) is 16.9 Å². The second-order valence-electron chi connectivity index (χ2n) is 15.5. The van der Waals surface area contributed by atoms with E-state index in [9.17, 15) is 34.2 Å². The highest BCUT2D eigenvalue weighted by Gasteiger charge is 2.47.